The van der Waals surface area contributed by atoms with Crippen LogP contribution in [-0.2, 0) is 0 Å². The van der Waals surface area contributed by atoms with Crippen LogP contribution in [0, 0.1) is 12.1 Å². The standard InChI is InChI=1S/C9H12OSi/c1-11(2,3)9-7-5-4-6-8(9)10/h4,6,10H,1-3H3. The number of hydrogen-bond donors (Lipinski definition) is 1. The van der Waals surface area contributed by atoms with Gasteiger partial charge in [0.05, 0.1) is 8.07 Å². The molecule has 1 aromatic rings. The Morgan fingerprint density at radius 2 is 2.00 bits per heavy atom. The van der Waals surface area contributed by atoms with Gasteiger partial charge in [-0.2, -0.15) is 0 Å². The maximum atomic E-state index is 9.43. The van der Waals surface area contributed by atoms with Crippen LogP contribution in [0.1, 0.15) is 0 Å². The molecule has 1 N–H and O–H groups in total. The van der Waals surface area contributed by atoms with Crippen molar-refractivity contribution in [1.29, 1.82) is 0 Å². The highest BCUT2D eigenvalue weighted by Crippen LogP contribution is 2.09. The van der Waals surface area contributed by atoms with Gasteiger partial charge in [-0.25, -0.2) is 0 Å². The Hall–Kier alpha value is -0.943. The Morgan fingerprint density at radius 3 is 2.36 bits per heavy atom. The van der Waals surface area contributed by atoms with Crippen molar-refractivity contribution in [3.63, 3.8) is 0 Å². The van der Waals surface area contributed by atoms with E-state index in [1.165, 1.54) is 0 Å². The summed E-state index contributed by atoms with van der Waals surface area (Å²) in [6.45, 7) is 6.52. The molecule has 0 atom stereocenters. The van der Waals surface area contributed by atoms with Crippen molar-refractivity contribution in [3.8, 4) is 5.75 Å². The summed E-state index contributed by atoms with van der Waals surface area (Å²) in [5, 5.41) is 10.4. The smallest absolute Gasteiger partial charge is 0.123 e. The van der Waals surface area contributed by atoms with Gasteiger partial charge in [0, 0.05) is 5.19 Å². The van der Waals surface area contributed by atoms with Gasteiger partial charge in [0.2, 0.25) is 0 Å². The predicted molar refractivity (Wildman–Crippen MR) is 48.8 cm³/mol. The molecule has 0 amide bonds. The van der Waals surface area contributed by atoms with E-state index in [2.05, 4.69) is 31.8 Å². The third kappa shape index (κ3) is 1.75. The van der Waals surface area contributed by atoms with Crippen LogP contribution in [-0.4, -0.2) is 13.2 Å². The molecule has 0 aliphatic carbocycles. The van der Waals surface area contributed by atoms with E-state index in [1.54, 1.807) is 12.1 Å². The lowest BCUT2D eigenvalue weighted by Gasteiger charge is -2.14. The van der Waals surface area contributed by atoms with E-state index in [0.29, 0.717) is 5.75 Å². The van der Waals surface area contributed by atoms with Crippen LogP contribution in [0.2, 0.25) is 19.6 Å². The lowest BCUT2D eigenvalue weighted by Crippen LogP contribution is -2.37. The summed E-state index contributed by atoms with van der Waals surface area (Å²) in [7, 11) is -1.41. The third-order valence-electron chi connectivity index (χ3n) is 1.53. The molecule has 0 aliphatic rings. The minimum Gasteiger partial charge on any atom is -0.507 e. The van der Waals surface area contributed by atoms with Crippen molar-refractivity contribution < 1.29 is 5.11 Å². The fourth-order valence-electron chi connectivity index (χ4n) is 0.954. The molecular weight excluding hydrogens is 152 g/mol. The molecule has 0 radical (unpaired) electrons. The molecule has 0 aromatic heterocycles. The maximum absolute atomic E-state index is 9.43. The van der Waals surface area contributed by atoms with Gasteiger partial charge in [-0.1, -0.05) is 31.8 Å². The van der Waals surface area contributed by atoms with Gasteiger partial charge in [-0.3, -0.25) is 0 Å². The zero-order valence-corrected chi connectivity index (χ0v) is 8.10. The lowest BCUT2D eigenvalue weighted by molar-refractivity contribution is 0.479. The first-order valence-corrected chi connectivity index (χ1v) is 7.13. The van der Waals surface area contributed by atoms with Crippen molar-refractivity contribution >= 4 is 13.3 Å². The van der Waals surface area contributed by atoms with E-state index in [9.17, 15) is 5.11 Å². The normalized spacial score (nSPS) is 10.8. The largest absolute Gasteiger partial charge is 0.507 e. The third-order valence-corrected chi connectivity index (χ3v) is 3.41. The van der Waals surface area contributed by atoms with E-state index in [1.807, 2.05) is 0 Å². The van der Waals surface area contributed by atoms with Crippen molar-refractivity contribution in [3.05, 3.63) is 24.3 Å². The van der Waals surface area contributed by atoms with Crippen LogP contribution in [0.4, 0.5) is 0 Å². The van der Waals surface area contributed by atoms with Crippen LogP contribution in [0.5, 0.6) is 5.75 Å². The molecule has 2 heteroatoms. The maximum Gasteiger partial charge on any atom is 0.123 e. The predicted octanol–water partition coefficient (Wildman–Crippen LogP) is 1.54. The van der Waals surface area contributed by atoms with Gasteiger partial charge in [-0.15, -0.1) is 0 Å². The first-order chi connectivity index (χ1) is 5.02. The van der Waals surface area contributed by atoms with Crippen molar-refractivity contribution in [2.75, 3.05) is 0 Å². The highest BCUT2D eigenvalue weighted by atomic mass is 28.3. The molecular formula is C9H12OSi. The molecule has 1 nitrogen and oxygen atoms in total. The zero-order valence-electron chi connectivity index (χ0n) is 7.10. The van der Waals surface area contributed by atoms with Gasteiger partial charge in [0.1, 0.15) is 5.75 Å². The van der Waals surface area contributed by atoms with Crippen LogP contribution >= 0.6 is 0 Å². The van der Waals surface area contributed by atoms with Crippen molar-refractivity contribution in [2.45, 2.75) is 19.6 Å². The SMILES string of the molecule is C[Si](C)(C)c1c#cccc1O. The first kappa shape index (κ1) is 8.16. The second kappa shape index (κ2) is 2.59. The Bertz CT molecular complexity index is 250. The Kier molecular flexibility index (Phi) is 1.92. The summed E-state index contributed by atoms with van der Waals surface area (Å²) in [5.41, 5.74) is 0. The molecule has 0 saturated carbocycles. The van der Waals surface area contributed by atoms with Crippen molar-refractivity contribution in [1.82, 2.24) is 0 Å². The fraction of sp³-hybridized carbons (Fsp3) is 0.333. The topological polar surface area (TPSA) is 20.2 Å². The first-order valence-electron chi connectivity index (χ1n) is 3.63. The van der Waals surface area contributed by atoms with Crippen LogP contribution in [0.3, 0.4) is 0 Å². The summed E-state index contributed by atoms with van der Waals surface area (Å²) >= 11 is 0. The molecule has 1 aromatic carbocycles. The number of rotatable bonds is 1. The van der Waals surface area contributed by atoms with E-state index in [4.69, 9.17) is 0 Å². The van der Waals surface area contributed by atoms with Gasteiger partial charge >= 0.3 is 0 Å². The zero-order chi connectivity index (χ0) is 8.48. The van der Waals surface area contributed by atoms with Crippen LogP contribution in [0.15, 0.2) is 12.1 Å². The van der Waals surface area contributed by atoms with Crippen LogP contribution < -0.4 is 5.19 Å². The monoisotopic (exact) mass is 164 g/mol. The summed E-state index contributed by atoms with van der Waals surface area (Å²) in [6, 6.07) is 9.17. The van der Waals surface area contributed by atoms with Gasteiger partial charge in [-0.05, 0) is 12.1 Å². The van der Waals surface area contributed by atoms with E-state index in [0.717, 1.165) is 5.19 Å². The second-order valence-electron chi connectivity index (χ2n) is 3.61. The summed E-state index contributed by atoms with van der Waals surface area (Å²) in [5.74, 6) is 0.364. The van der Waals surface area contributed by atoms with E-state index >= 15 is 0 Å². The molecule has 0 fully saturated rings. The van der Waals surface area contributed by atoms with Crippen molar-refractivity contribution in [2.24, 2.45) is 0 Å². The Labute approximate surface area is 68.7 Å². The Balaban J connectivity index is 3.14. The minimum atomic E-state index is -1.41. The molecule has 0 spiro atoms. The Morgan fingerprint density at radius 1 is 1.36 bits per heavy atom. The van der Waals surface area contributed by atoms with E-state index in [-0.39, 0.29) is 0 Å². The molecule has 0 saturated heterocycles. The fourth-order valence-corrected chi connectivity index (χ4v) is 2.25. The molecule has 58 valence electrons. The molecule has 1 rings (SSSR count). The van der Waals surface area contributed by atoms with Crippen LogP contribution in [0.25, 0.3) is 0 Å². The average molecular weight is 164 g/mol. The molecule has 0 bridgehead atoms. The van der Waals surface area contributed by atoms with Gasteiger partial charge in [0.15, 0.2) is 0 Å². The molecule has 11 heavy (non-hydrogen) atoms. The highest BCUT2D eigenvalue weighted by Gasteiger charge is 2.19. The molecule has 0 aliphatic heterocycles. The molecule has 0 unspecified atom stereocenters. The van der Waals surface area contributed by atoms with Gasteiger partial charge in [0.25, 0.3) is 0 Å². The quantitative estimate of drug-likeness (QED) is 0.624. The highest BCUT2D eigenvalue weighted by molar-refractivity contribution is 6.89. The lowest BCUT2D eigenvalue weighted by atomic mass is 10.4. The van der Waals surface area contributed by atoms with Gasteiger partial charge < -0.3 is 5.11 Å². The average Bonchev–Trinajstić information content (AvgIpc) is 1.86. The summed E-state index contributed by atoms with van der Waals surface area (Å²) in [4.78, 5) is 0. The minimum absolute atomic E-state index is 0.364. The van der Waals surface area contributed by atoms with E-state index < -0.39 is 8.07 Å². The second-order valence-corrected chi connectivity index (χ2v) is 8.61. The molecule has 0 heterocycles. The number of aromatic hydroxyl groups is 1. The summed E-state index contributed by atoms with van der Waals surface area (Å²) < 4.78 is 0. The number of hydrogen-bond acceptors (Lipinski definition) is 1. The summed E-state index contributed by atoms with van der Waals surface area (Å²) in [6.07, 6.45) is 0.